The van der Waals surface area contributed by atoms with E-state index in [1.165, 1.54) is 4.90 Å². The second-order valence-electron chi connectivity index (χ2n) is 6.10. The fourth-order valence-electron chi connectivity index (χ4n) is 2.32. The van der Waals surface area contributed by atoms with E-state index < -0.39 is 6.09 Å². The van der Waals surface area contributed by atoms with Crippen molar-refractivity contribution in [3.63, 3.8) is 0 Å². The number of benzene rings is 1. The van der Waals surface area contributed by atoms with Crippen molar-refractivity contribution in [1.29, 1.82) is 0 Å². The van der Waals surface area contributed by atoms with Crippen LogP contribution in [0.25, 0.3) is 0 Å². The highest BCUT2D eigenvalue weighted by Gasteiger charge is 2.32. The van der Waals surface area contributed by atoms with Crippen molar-refractivity contribution in [2.75, 3.05) is 13.1 Å². The summed E-state index contributed by atoms with van der Waals surface area (Å²) < 4.78 is 5.26. The molecule has 1 fully saturated rings. The summed E-state index contributed by atoms with van der Waals surface area (Å²) in [4.78, 5) is 37.0. The lowest BCUT2D eigenvalue weighted by Gasteiger charge is -2.16. The highest BCUT2D eigenvalue weighted by atomic mass is 16.6. The van der Waals surface area contributed by atoms with Crippen molar-refractivity contribution in [2.24, 2.45) is 11.8 Å². The molecule has 130 valence electrons. The molecule has 24 heavy (non-hydrogen) atoms. The fourth-order valence-corrected chi connectivity index (χ4v) is 2.32. The van der Waals surface area contributed by atoms with E-state index in [-0.39, 0.29) is 36.8 Å². The van der Waals surface area contributed by atoms with Gasteiger partial charge in [0.25, 0.3) is 0 Å². The van der Waals surface area contributed by atoms with E-state index in [0.717, 1.165) is 5.56 Å². The molecule has 1 aromatic rings. The number of nitrogens with zero attached hydrogens (tertiary/aromatic N) is 1. The molecule has 1 heterocycles. The fraction of sp³-hybridized carbons (Fsp3) is 0.471. The number of hydrogen-bond acceptors (Lipinski definition) is 4. The summed E-state index contributed by atoms with van der Waals surface area (Å²) in [6, 6.07) is 9.42. The second kappa shape index (κ2) is 8.33. The quantitative estimate of drug-likeness (QED) is 0.816. The van der Waals surface area contributed by atoms with Crippen LogP contribution in [0.3, 0.4) is 0 Å². The minimum absolute atomic E-state index is 0.206. The molecule has 2 N–H and O–H groups in total. The normalized spacial score (nSPS) is 16.8. The number of hydrogen-bond donors (Lipinski definition) is 2. The number of carbonyl (C=O) groups excluding carboxylic acids is 3. The van der Waals surface area contributed by atoms with Gasteiger partial charge in [-0.15, -0.1) is 0 Å². The first-order chi connectivity index (χ1) is 11.5. The number of hydrazine groups is 1. The summed E-state index contributed by atoms with van der Waals surface area (Å²) in [5.41, 5.74) is 5.69. The lowest BCUT2D eigenvalue weighted by Crippen LogP contribution is -2.46. The molecule has 2 rings (SSSR count). The van der Waals surface area contributed by atoms with Crippen molar-refractivity contribution in [3.8, 4) is 0 Å². The molecule has 7 heteroatoms. The molecule has 1 aromatic carbocycles. The van der Waals surface area contributed by atoms with Gasteiger partial charge in [-0.1, -0.05) is 44.2 Å². The minimum Gasteiger partial charge on any atom is -0.445 e. The maximum atomic E-state index is 12.0. The average molecular weight is 333 g/mol. The van der Waals surface area contributed by atoms with Crippen LogP contribution in [-0.2, 0) is 20.9 Å². The van der Waals surface area contributed by atoms with Crippen LogP contribution in [0.5, 0.6) is 0 Å². The van der Waals surface area contributed by atoms with Crippen molar-refractivity contribution in [3.05, 3.63) is 35.9 Å². The first-order valence-electron chi connectivity index (χ1n) is 8.02. The summed E-state index contributed by atoms with van der Waals surface area (Å²) in [7, 11) is 0. The molecule has 0 aromatic heterocycles. The molecular weight excluding hydrogens is 310 g/mol. The van der Waals surface area contributed by atoms with Crippen LogP contribution < -0.4 is 10.9 Å². The Labute approximate surface area is 141 Å². The van der Waals surface area contributed by atoms with E-state index in [4.69, 9.17) is 4.74 Å². The van der Waals surface area contributed by atoms with Crippen molar-refractivity contribution < 1.29 is 19.1 Å². The zero-order valence-corrected chi connectivity index (χ0v) is 14.0. The van der Waals surface area contributed by atoms with Gasteiger partial charge in [-0.2, -0.15) is 0 Å². The van der Waals surface area contributed by atoms with E-state index >= 15 is 0 Å². The average Bonchev–Trinajstić information content (AvgIpc) is 3.08. The van der Waals surface area contributed by atoms with Crippen LogP contribution in [0.15, 0.2) is 30.3 Å². The Balaban J connectivity index is 1.74. The van der Waals surface area contributed by atoms with Gasteiger partial charge >= 0.3 is 6.09 Å². The summed E-state index contributed by atoms with van der Waals surface area (Å²) in [6.07, 6.45) is 0.115. The highest BCUT2D eigenvalue weighted by molar-refractivity contribution is 5.84. The Morgan fingerprint density at radius 1 is 1.21 bits per heavy atom. The van der Waals surface area contributed by atoms with Gasteiger partial charge < -0.3 is 9.64 Å². The molecule has 0 spiro atoms. The van der Waals surface area contributed by atoms with Crippen molar-refractivity contribution in [1.82, 2.24) is 15.8 Å². The SMILES string of the molecule is CC(C)C(=O)NNC(=O)C1CCN(C(=O)OCc2ccccc2)C1. The maximum Gasteiger partial charge on any atom is 0.410 e. The Morgan fingerprint density at radius 2 is 1.92 bits per heavy atom. The van der Waals surface area contributed by atoms with Gasteiger partial charge in [0.15, 0.2) is 0 Å². The molecule has 1 unspecified atom stereocenters. The largest absolute Gasteiger partial charge is 0.445 e. The van der Waals surface area contributed by atoms with Crippen LogP contribution >= 0.6 is 0 Å². The zero-order valence-electron chi connectivity index (χ0n) is 14.0. The molecule has 0 aliphatic carbocycles. The lowest BCUT2D eigenvalue weighted by atomic mass is 10.1. The predicted octanol–water partition coefficient (Wildman–Crippen LogP) is 1.45. The van der Waals surface area contributed by atoms with E-state index in [1.807, 2.05) is 30.3 Å². The molecule has 1 aliphatic heterocycles. The lowest BCUT2D eigenvalue weighted by molar-refractivity contribution is -0.132. The van der Waals surface area contributed by atoms with E-state index in [1.54, 1.807) is 13.8 Å². The summed E-state index contributed by atoms with van der Waals surface area (Å²) in [5.74, 6) is -1.09. The van der Waals surface area contributed by atoms with E-state index in [2.05, 4.69) is 10.9 Å². The first-order valence-corrected chi connectivity index (χ1v) is 8.02. The van der Waals surface area contributed by atoms with Crippen molar-refractivity contribution in [2.45, 2.75) is 26.9 Å². The molecule has 0 saturated carbocycles. The molecule has 7 nitrogen and oxygen atoms in total. The number of amides is 3. The summed E-state index contributed by atoms with van der Waals surface area (Å²) >= 11 is 0. The summed E-state index contributed by atoms with van der Waals surface area (Å²) in [5, 5.41) is 0. The first kappa shape index (κ1) is 17.8. The van der Waals surface area contributed by atoms with E-state index in [0.29, 0.717) is 13.0 Å². The predicted molar refractivity (Wildman–Crippen MR) is 87.4 cm³/mol. The Bertz CT molecular complexity index is 589. The number of carbonyl (C=O) groups is 3. The third-order valence-electron chi connectivity index (χ3n) is 3.86. The molecular formula is C17H23N3O4. The number of nitrogens with one attached hydrogen (secondary N) is 2. The Morgan fingerprint density at radius 3 is 2.58 bits per heavy atom. The summed E-state index contributed by atoms with van der Waals surface area (Å²) in [6.45, 7) is 4.43. The Hall–Kier alpha value is -2.57. The van der Waals surface area contributed by atoms with Crippen LogP contribution in [-0.4, -0.2) is 35.9 Å². The topological polar surface area (TPSA) is 87.7 Å². The standard InChI is InChI=1S/C17H23N3O4/c1-12(2)15(21)18-19-16(22)14-8-9-20(10-14)17(23)24-11-13-6-4-3-5-7-13/h3-7,12,14H,8-11H2,1-2H3,(H,18,21)(H,19,22). The number of rotatable bonds is 4. The van der Waals surface area contributed by atoms with Gasteiger partial charge in [-0.25, -0.2) is 4.79 Å². The minimum atomic E-state index is -0.430. The second-order valence-corrected chi connectivity index (χ2v) is 6.10. The molecule has 0 radical (unpaired) electrons. The maximum absolute atomic E-state index is 12.0. The van der Waals surface area contributed by atoms with Gasteiger partial charge in [0.05, 0.1) is 5.92 Å². The highest BCUT2D eigenvalue weighted by Crippen LogP contribution is 2.17. The van der Waals surface area contributed by atoms with Crippen molar-refractivity contribution >= 4 is 17.9 Å². The van der Waals surface area contributed by atoms with Gasteiger partial charge in [0, 0.05) is 19.0 Å². The third-order valence-corrected chi connectivity index (χ3v) is 3.86. The van der Waals surface area contributed by atoms with E-state index in [9.17, 15) is 14.4 Å². The van der Waals surface area contributed by atoms with Crippen LogP contribution in [0.4, 0.5) is 4.79 Å². The molecule has 1 aliphatic rings. The smallest absolute Gasteiger partial charge is 0.410 e. The van der Waals surface area contributed by atoms with Gasteiger partial charge in [-0.3, -0.25) is 20.4 Å². The van der Waals surface area contributed by atoms with Crippen LogP contribution in [0.1, 0.15) is 25.8 Å². The Kier molecular flexibility index (Phi) is 6.17. The third kappa shape index (κ3) is 4.97. The monoisotopic (exact) mass is 333 g/mol. The van der Waals surface area contributed by atoms with Gasteiger partial charge in [0.1, 0.15) is 6.61 Å². The number of likely N-dealkylation sites (tertiary alicyclic amines) is 1. The van der Waals surface area contributed by atoms with Crippen LogP contribution in [0, 0.1) is 11.8 Å². The molecule has 3 amide bonds. The molecule has 1 atom stereocenters. The van der Waals surface area contributed by atoms with Crippen LogP contribution in [0.2, 0.25) is 0 Å². The molecule has 1 saturated heterocycles. The molecule has 0 bridgehead atoms. The number of ether oxygens (including phenoxy) is 1. The zero-order chi connectivity index (χ0) is 17.5. The van der Waals surface area contributed by atoms with Gasteiger partial charge in [-0.05, 0) is 12.0 Å². The van der Waals surface area contributed by atoms with Gasteiger partial charge in [0.2, 0.25) is 11.8 Å².